The van der Waals surface area contributed by atoms with E-state index in [0.717, 1.165) is 57.0 Å². The molecule has 1 aromatic rings. The van der Waals surface area contributed by atoms with Crippen molar-refractivity contribution < 1.29 is 14.2 Å². The van der Waals surface area contributed by atoms with Crippen molar-refractivity contribution in [3.05, 3.63) is 23.9 Å². The molecule has 0 amide bonds. The van der Waals surface area contributed by atoms with Gasteiger partial charge >= 0.3 is 0 Å². The zero-order valence-electron chi connectivity index (χ0n) is 16.0. The number of hydrogen-bond donors (Lipinski definition) is 2. The van der Waals surface area contributed by atoms with Crippen molar-refractivity contribution in [2.75, 3.05) is 40.0 Å². The van der Waals surface area contributed by atoms with E-state index in [9.17, 15) is 0 Å². The second-order valence-electron chi connectivity index (χ2n) is 6.23. The minimum Gasteiger partial charge on any atom is -0.477 e. The highest BCUT2D eigenvalue weighted by Crippen LogP contribution is 2.14. The Hall–Kier alpha value is -1.86. The van der Waals surface area contributed by atoms with Crippen LogP contribution in [-0.2, 0) is 16.0 Å². The third kappa shape index (κ3) is 7.58. The molecule has 7 nitrogen and oxygen atoms in total. The monoisotopic (exact) mass is 364 g/mol. The molecule has 0 aromatic carbocycles. The van der Waals surface area contributed by atoms with Gasteiger partial charge in [-0.05, 0) is 31.7 Å². The zero-order valence-corrected chi connectivity index (χ0v) is 16.0. The van der Waals surface area contributed by atoms with Gasteiger partial charge in [-0.25, -0.2) is 4.98 Å². The molecule has 1 saturated heterocycles. The Balaban J connectivity index is 1.61. The van der Waals surface area contributed by atoms with E-state index < -0.39 is 0 Å². The molecular weight excluding hydrogens is 332 g/mol. The van der Waals surface area contributed by atoms with Gasteiger partial charge in [0.25, 0.3) is 0 Å². The molecule has 1 fully saturated rings. The fourth-order valence-corrected chi connectivity index (χ4v) is 2.66. The minimum absolute atomic E-state index is 0.293. The van der Waals surface area contributed by atoms with Crippen molar-refractivity contribution >= 4 is 5.96 Å². The molecule has 0 aliphatic carbocycles. The number of pyridine rings is 1. The first kappa shape index (κ1) is 20.5. The van der Waals surface area contributed by atoms with E-state index in [2.05, 4.69) is 27.5 Å². The lowest BCUT2D eigenvalue weighted by atomic mass is 10.2. The summed E-state index contributed by atoms with van der Waals surface area (Å²) in [6.07, 6.45) is 6.19. The Morgan fingerprint density at radius 3 is 3.08 bits per heavy atom. The van der Waals surface area contributed by atoms with Gasteiger partial charge in [0.05, 0.1) is 19.3 Å². The number of ether oxygens (including phenoxy) is 3. The first-order valence-corrected chi connectivity index (χ1v) is 9.54. The van der Waals surface area contributed by atoms with Crippen LogP contribution in [0.1, 0.15) is 38.2 Å². The molecule has 7 heteroatoms. The standard InChI is InChI=1S/C19H32N4O3/c1-3-11-26-18-16(7-4-9-21-18)14-23-19(20-2)22-10-6-12-24-15-17-8-5-13-25-17/h4,7,9,17H,3,5-6,8,10-15H2,1-2H3,(H2,20,22,23). The number of nitrogens with one attached hydrogen (secondary N) is 2. The molecule has 1 unspecified atom stereocenters. The van der Waals surface area contributed by atoms with Crippen LogP contribution in [0.25, 0.3) is 0 Å². The molecule has 2 heterocycles. The predicted molar refractivity (Wildman–Crippen MR) is 103 cm³/mol. The lowest BCUT2D eigenvalue weighted by molar-refractivity contribution is 0.0168. The molecule has 146 valence electrons. The van der Waals surface area contributed by atoms with E-state index in [4.69, 9.17) is 14.2 Å². The molecule has 1 aliphatic heterocycles. The molecule has 26 heavy (non-hydrogen) atoms. The number of aromatic nitrogens is 1. The minimum atomic E-state index is 0.293. The van der Waals surface area contributed by atoms with E-state index in [1.807, 2.05) is 12.1 Å². The second kappa shape index (κ2) is 12.5. The van der Waals surface area contributed by atoms with E-state index >= 15 is 0 Å². The summed E-state index contributed by atoms with van der Waals surface area (Å²) in [7, 11) is 1.76. The smallest absolute Gasteiger partial charge is 0.218 e. The van der Waals surface area contributed by atoms with Crippen LogP contribution < -0.4 is 15.4 Å². The van der Waals surface area contributed by atoms with Crippen molar-refractivity contribution in [1.82, 2.24) is 15.6 Å². The fourth-order valence-electron chi connectivity index (χ4n) is 2.66. The summed E-state index contributed by atoms with van der Waals surface area (Å²) in [5, 5.41) is 6.59. The molecule has 0 saturated carbocycles. The maximum Gasteiger partial charge on any atom is 0.218 e. The summed E-state index contributed by atoms with van der Waals surface area (Å²) in [6.45, 7) is 6.47. The highest BCUT2D eigenvalue weighted by molar-refractivity contribution is 5.79. The topological polar surface area (TPSA) is 77.0 Å². The van der Waals surface area contributed by atoms with Crippen LogP contribution >= 0.6 is 0 Å². The van der Waals surface area contributed by atoms with Crippen LogP contribution in [-0.4, -0.2) is 57.1 Å². The van der Waals surface area contributed by atoms with Crippen molar-refractivity contribution in [3.63, 3.8) is 0 Å². The van der Waals surface area contributed by atoms with E-state index in [-0.39, 0.29) is 0 Å². The predicted octanol–water partition coefficient (Wildman–Crippen LogP) is 2.12. The van der Waals surface area contributed by atoms with E-state index in [1.165, 1.54) is 0 Å². The highest BCUT2D eigenvalue weighted by Gasteiger charge is 2.14. The number of guanidine groups is 1. The van der Waals surface area contributed by atoms with Crippen molar-refractivity contribution in [3.8, 4) is 5.88 Å². The van der Waals surface area contributed by atoms with Gasteiger partial charge in [-0.2, -0.15) is 0 Å². The van der Waals surface area contributed by atoms with Crippen molar-refractivity contribution in [2.24, 2.45) is 4.99 Å². The van der Waals surface area contributed by atoms with Crippen LogP contribution in [0.3, 0.4) is 0 Å². The van der Waals surface area contributed by atoms with Gasteiger partial charge < -0.3 is 24.8 Å². The SMILES string of the molecule is CCCOc1ncccc1CNC(=NC)NCCCOCC1CCCO1. The molecule has 0 spiro atoms. The Kier molecular flexibility index (Phi) is 9.82. The summed E-state index contributed by atoms with van der Waals surface area (Å²) in [5.41, 5.74) is 1.02. The Morgan fingerprint density at radius 1 is 1.38 bits per heavy atom. The van der Waals surface area contributed by atoms with Crippen LogP contribution in [0, 0.1) is 0 Å². The molecular formula is C19H32N4O3. The summed E-state index contributed by atoms with van der Waals surface area (Å²) >= 11 is 0. The average molecular weight is 364 g/mol. The average Bonchev–Trinajstić information content (AvgIpc) is 3.19. The molecule has 0 bridgehead atoms. The normalized spacial score (nSPS) is 17.3. The first-order valence-electron chi connectivity index (χ1n) is 9.54. The molecule has 1 atom stereocenters. The summed E-state index contributed by atoms with van der Waals surface area (Å²) < 4.78 is 16.9. The number of aliphatic imine (C=N–C) groups is 1. The fraction of sp³-hybridized carbons (Fsp3) is 0.684. The van der Waals surface area contributed by atoms with Gasteiger partial charge in [0.1, 0.15) is 0 Å². The molecule has 1 aliphatic rings. The largest absolute Gasteiger partial charge is 0.477 e. The van der Waals surface area contributed by atoms with E-state index in [1.54, 1.807) is 13.2 Å². The summed E-state index contributed by atoms with van der Waals surface area (Å²) in [5.74, 6) is 1.44. The Labute approximate surface area is 156 Å². The number of hydrogen-bond acceptors (Lipinski definition) is 5. The zero-order chi connectivity index (χ0) is 18.5. The lowest BCUT2D eigenvalue weighted by Gasteiger charge is -2.14. The highest BCUT2D eigenvalue weighted by atomic mass is 16.5. The van der Waals surface area contributed by atoms with Crippen LogP contribution in [0.2, 0.25) is 0 Å². The van der Waals surface area contributed by atoms with Crippen molar-refractivity contribution in [2.45, 2.75) is 45.3 Å². The van der Waals surface area contributed by atoms with Gasteiger partial charge in [-0.15, -0.1) is 0 Å². The van der Waals surface area contributed by atoms with E-state index in [0.29, 0.717) is 31.7 Å². The second-order valence-corrected chi connectivity index (χ2v) is 6.23. The van der Waals surface area contributed by atoms with Gasteiger partial charge in [0, 0.05) is 45.1 Å². The maximum atomic E-state index is 5.68. The maximum absolute atomic E-state index is 5.68. The van der Waals surface area contributed by atoms with Crippen LogP contribution in [0.15, 0.2) is 23.3 Å². The first-order chi connectivity index (χ1) is 12.8. The Bertz CT molecular complexity index is 533. The summed E-state index contributed by atoms with van der Waals surface area (Å²) in [6, 6.07) is 3.93. The van der Waals surface area contributed by atoms with Gasteiger partial charge in [-0.3, -0.25) is 4.99 Å². The number of nitrogens with zero attached hydrogens (tertiary/aromatic N) is 2. The van der Waals surface area contributed by atoms with Crippen LogP contribution in [0.5, 0.6) is 5.88 Å². The third-order valence-corrected chi connectivity index (χ3v) is 4.05. The van der Waals surface area contributed by atoms with Crippen LogP contribution in [0.4, 0.5) is 0 Å². The summed E-state index contributed by atoms with van der Waals surface area (Å²) in [4.78, 5) is 8.55. The third-order valence-electron chi connectivity index (χ3n) is 4.05. The van der Waals surface area contributed by atoms with Gasteiger partial charge in [0.2, 0.25) is 5.88 Å². The van der Waals surface area contributed by atoms with Crippen molar-refractivity contribution in [1.29, 1.82) is 0 Å². The van der Waals surface area contributed by atoms with Gasteiger partial charge in [-0.1, -0.05) is 13.0 Å². The lowest BCUT2D eigenvalue weighted by Crippen LogP contribution is -2.37. The molecule has 1 aromatic heterocycles. The molecule has 2 rings (SSSR count). The van der Waals surface area contributed by atoms with Gasteiger partial charge in [0.15, 0.2) is 5.96 Å². The molecule has 2 N–H and O–H groups in total. The quantitative estimate of drug-likeness (QED) is 0.356. The molecule has 0 radical (unpaired) electrons. The number of rotatable bonds is 11. The Morgan fingerprint density at radius 2 is 2.31 bits per heavy atom.